The minimum Gasteiger partial charge on any atom is -0.311 e. The highest BCUT2D eigenvalue weighted by molar-refractivity contribution is 5.93. The Labute approximate surface area is 151 Å². The van der Waals surface area contributed by atoms with Gasteiger partial charge in [0.25, 0.3) is 5.56 Å². The van der Waals surface area contributed by atoms with E-state index in [1.54, 1.807) is 0 Å². The summed E-state index contributed by atoms with van der Waals surface area (Å²) in [6.07, 6.45) is 3.46. The topological polar surface area (TPSA) is 53.9 Å². The molecule has 1 N–H and O–H groups in total. The Hall–Kier alpha value is -3.18. The maximum absolute atomic E-state index is 12.5. The smallest absolute Gasteiger partial charge is 0.275 e. The molecule has 26 heavy (non-hydrogen) atoms. The maximum atomic E-state index is 12.5. The summed E-state index contributed by atoms with van der Waals surface area (Å²) in [7, 11) is 4.10. The van der Waals surface area contributed by atoms with Gasteiger partial charge in [-0.05, 0) is 43.4 Å². The molecule has 0 saturated carbocycles. The van der Waals surface area contributed by atoms with E-state index in [2.05, 4.69) is 47.2 Å². The molecule has 4 rings (SSSR count). The molecule has 0 aliphatic rings. The largest absolute Gasteiger partial charge is 0.311 e. The molecule has 0 bridgehead atoms. The number of fused-ring (bicyclic) bond motifs is 1. The van der Waals surface area contributed by atoms with Crippen LogP contribution >= 0.6 is 0 Å². The Morgan fingerprint density at radius 2 is 1.88 bits per heavy atom. The van der Waals surface area contributed by atoms with Crippen molar-refractivity contribution in [2.24, 2.45) is 0 Å². The number of hydrogen-bond acceptors (Lipinski definition) is 3. The first kappa shape index (κ1) is 16.3. The molecule has 0 amide bonds. The molecule has 2 heterocycles. The number of nitrogens with zero attached hydrogens (tertiary/aromatic N) is 3. The third kappa shape index (κ3) is 2.93. The average Bonchev–Trinajstić information content (AvgIpc) is 3.03. The van der Waals surface area contributed by atoms with Crippen molar-refractivity contribution in [3.05, 3.63) is 83.0 Å². The van der Waals surface area contributed by atoms with E-state index in [0.717, 1.165) is 23.4 Å². The van der Waals surface area contributed by atoms with Gasteiger partial charge in [-0.3, -0.25) is 4.79 Å². The van der Waals surface area contributed by atoms with Crippen LogP contribution in [-0.2, 0) is 6.54 Å². The highest BCUT2D eigenvalue weighted by Crippen LogP contribution is 2.30. The number of para-hydroxylation sites is 1. The van der Waals surface area contributed by atoms with E-state index in [-0.39, 0.29) is 5.56 Å². The van der Waals surface area contributed by atoms with Crippen molar-refractivity contribution in [1.82, 2.24) is 19.4 Å². The second kappa shape index (κ2) is 6.61. The standard InChI is InChI=1S/C21H20N4O/c1-24(2)12-15-7-6-8-16(11-15)18-13-25(17-9-4-3-5-10-17)20-19(18)22-14-23-21(20)26/h3-11,13-14H,12H2,1-2H3,(H,22,23,26). The van der Waals surface area contributed by atoms with Crippen LogP contribution in [0.4, 0.5) is 0 Å². The molecule has 0 saturated heterocycles. The van der Waals surface area contributed by atoms with Crippen LogP contribution in [0.2, 0.25) is 0 Å². The lowest BCUT2D eigenvalue weighted by atomic mass is 10.0. The summed E-state index contributed by atoms with van der Waals surface area (Å²) < 4.78 is 1.91. The zero-order valence-corrected chi connectivity index (χ0v) is 14.8. The average molecular weight is 344 g/mol. The minimum atomic E-state index is -0.144. The lowest BCUT2D eigenvalue weighted by Crippen LogP contribution is -2.10. The van der Waals surface area contributed by atoms with Gasteiger partial charge in [-0.1, -0.05) is 36.4 Å². The summed E-state index contributed by atoms with van der Waals surface area (Å²) >= 11 is 0. The van der Waals surface area contributed by atoms with Crippen LogP contribution in [-0.4, -0.2) is 33.5 Å². The summed E-state index contributed by atoms with van der Waals surface area (Å²) in [5.74, 6) is 0. The van der Waals surface area contributed by atoms with Gasteiger partial charge in [0.2, 0.25) is 0 Å². The fourth-order valence-corrected chi connectivity index (χ4v) is 3.27. The van der Waals surface area contributed by atoms with E-state index in [1.165, 1.54) is 11.9 Å². The van der Waals surface area contributed by atoms with Gasteiger partial charge in [0.15, 0.2) is 0 Å². The minimum absolute atomic E-state index is 0.144. The number of hydrogen-bond donors (Lipinski definition) is 1. The Bertz CT molecular complexity index is 1110. The van der Waals surface area contributed by atoms with Crippen molar-refractivity contribution in [2.45, 2.75) is 6.54 Å². The number of nitrogens with one attached hydrogen (secondary N) is 1. The summed E-state index contributed by atoms with van der Waals surface area (Å²) in [5.41, 5.74) is 5.29. The van der Waals surface area contributed by atoms with Crippen LogP contribution < -0.4 is 5.56 Å². The van der Waals surface area contributed by atoms with Crippen LogP contribution in [0.25, 0.3) is 27.8 Å². The van der Waals surface area contributed by atoms with Crippen molar-refractivity contribution in [1.29, 1.82) is 0 Å². The Morgan fingerprint density at radius 1 is 1.08 bits per heavy atom. The molecule has 0 spiro atoms. The number of aromatic nitrogens is 3. The fourth-order valence-electron chi connectivity index (χ4n) is 3.27. The van der Waals surface area contributed by atoms with Crippen LogP contribution in [0.15, 0.2) is 71.9 Å². The molecule has 0 aliphatic heterocycles. The normalized spacial score (nSPS) is 11.3. The fraction of sp³-hybridized carbons (Fsp3) is 0.143. The molecular weight excluding hydrogens is 324 g/mol. The molecule has 0 aliphatic carbocycles. The van der Waals surface area contributed by atoms with Crippen molar-refractivity contribution >= 4 is 11.0 Å². The van der Waals surface area contributed by atoms with E-state index in [9.17, 15) is 4.79 Å². The summed E-state index contributed by atoms with van der Waals surface area (Å²) in [4.78, 5) is 21.8. The summed E-state index contributed by atoms with van der Waals surface area (Å²) in [5, 5.41) is 0. The van der Waals surface area contributed by atoms with Crippen molar-refractivity contribution < 1.29 is 0 Å². The number of benzene rings is 2. The second-order valence-corrected chi connectivity index (χ2v) is 6.62. The molecule has 0 unspecified atom stereocenters. The van der Waals surface area contributed by atoms with Gasteiger partial charge in [0, 0.05) is 24.0 Å². The van der Waals surface area contributed by atoms with Gasteiger partial charge in [0.05, 0.1) is 6.33 Å². The monoisotopic (exact) mass is 344 g/mol. The van der Waals surface area contributed by atoms with Gasteiger partial charge in [0.1, 0.15) is 11.0 Å². The number of aromatic amines is 1. The molecule has 2 aromatic heterocycles. The first-order chi connectivity index (χ1) is 12.6. The molecule has 0 atom stereocenters. The van der Waals surface area contributed by atoms with E-state index in [4.69, 9.17) is 0 Å². The van der Waals surface area contributed by atoms with E-state index in [1.807, 2.05) is 47.2 Å². The predicted octanol–water partition coefficient (Wildman–Crippen LogP) is 3.44. The Morgan fingerprint density at radius 3 is 2.65 bits per heavy atom. The highest BCUT2D eigenvalue weighted by atomic mass is 16.1. The zero-order valence-electron chi connectivity index (χ0n) is 14.8. The molecule has 2 aromatic carbocycles. The summed E-state index contributed by atoms with van der Waals surface area (Å²) in [6, 6.07) is 18.2. The predicted molar refractivity (Wildman–Crippen MR) is 105 cm³/mol. The zero-order chi connectivity index (χ0) is 18.1. The molecule has 0 radical (unpaired) electrons. The quantitative estimate of drug-likeness (QED) is 0.617. The van der Waals surface area contributed by atoms with Gasteiger partial charge in [-0.2, -0.15) is 0 Å². The molecular formula is C21H20N4O. The first-order valence-electron chi connectivity index (χ1n) is 8.51. The van der Waals surface area contributed by atoms with Gasteiger partial charge in [-0.15, -0.1) is 0 Å². The Kier molecular flexibility index (Phi) is 4.14. The second-order valence-electron chi connectivity index (χ2n) is 6.62. The van der Waals surface area contributed by atoms with Crippen LogP contribution in [0.3, 0.4) is 0 Å². The van der Waals surface area contributed by atoms with Gasteiger partial charge in [-0.25, -0.2) is 4.98 Å². The first-order valence-corrected chi connectivity index (χ1v) is 8.51. The van der Waals surface area contributed by atoms with Crippen molar-refractivity contribution in [3.63, 3.8) is 0 Å². The molecule has 5 nitrogen and oxygen atoms in total. The number of rotatable bonds is 4. The maximum Gasteiger partial charge on any atom is 0.275 e. The lowest BCUT2D eigenvalue weighted by molar-refractivity contribution is 0.402. The number of H-pyrrole nitrogens is 1. The third-order valence-corrected chi connectivity index (χ3v) is 4.35. The van der Waals surface area contributed by atoms with Gasteiger partial charge >= 0.3 is 0 Å². The molecule has 0 fully saturated rings. The third-order valence-electron chi connectivity index (χ3n) is 4.35. The molecule has 4 aromatic rings. The molecule has 130 valence electrons. The lowest BCUT2D eigenvalue weighted by Gasteiger charge is -2.10. The SMILES string of the molecule is CN(C)Cc1cccc(-c2cn(-c3ccccc3)c3c(=O)[nH]cnc23)c1. The van der Waals surface area contributed by atoms with Crippen molar-refractivity contribution in [2.75, 3.05) is 14.1 Å². The summed E-state index contributed by atoms with van der Waals surface area (Å²) in [6.45, 7) is 0.860. The van der Waals surface area contributed by atoms with Crippen LogP contribution in [0.1, 0.15) is 5.56 Å². The van der Waals surface area contributed by atoms with E-state index < -0.39 is 0 Å². The van der Waals surface area contributed by atoms with Crippen LogP contribution in [0, 0.1) is 0 Å². The van der Waals surface area contributed by atoms with Crippen LogP contribution in [0.5, 0.6) is 0 Å². The van der Waals surface area contributed by atoms with E-state index >= 15 is 0 Å². The molecule has 5 heteroatoms. The highest BCUT2D eigenvalue weighted by Gasteiger charge is 2.15. The van der Waals surface area contributed by atoms with Gasteiger partial charge < -0.3 is 14.5 Å². The Balaban J connectivity index is 1.95. The van der Waals surface area contributed by atoms with Crippen molar-refractivity contribution in [3.8, 4) is 16.8 Å². The van der Waals surface area contributed by atoms with E-state index in [0.29, 0.717) is 11.0 Å².